The minimum Gasteiger partial charge on any atom is -0.478 e. The van der Waals surface area contributed by atoms with Crippen molar-refractivity contribution >= 4 is 17.6 Å². The van der Waals surface area contributed by atoms with Crippen molar-refractivity contribution < 1.29 is 14.6 Å². The summed E-state index contributed by atoms with van der Waals surface area (Å²) >= 11 is 0. The first-order valence-corrected chi connectivity index (χ1v) is 8.95. The van der Waals surface area contributed by atoms with Crippen LogP contribution >= 0.6 is 0 Å². The maximum Gasteiger partial charge on any atom is 0.336 e. The van der Waals surface area contributed by atoms with Gasteiger partial charge in [0.05, 0.1) is 17.4 Å². The first-order chi connectivity index (χ1) is 12.7. The summed E-state index contributed by atoms with van der Waals surface area (Å²) in [6.45, 7) is 8.31. The van der Waals surface area contributed by atoms with Crippen LogP contribution in [0.25, 0.3) is 11.1 Å². The number of hydrogen-bond donors (Lipinski definition) is 1. The van der Waals surface area contributed by atoms with E-state index in [4.69, 9.17) is 16.2 Å². The van der Waals surface area contributed by atoms with Crippen molar-refractivity contribution in [1.82, 2.24) is 0 Å². The van der Waals surface area contributed by atoms with Gasteiger partial charge < -0.3 is 9.84 Å². The van der Waals surface area contributed by atoms with Gasteiger partial charge in [0.2, 0.25) is 0 Å². The second kappa shape index (κ2) is 6.92. The van der Waals surface area contributed by atoms with Crippen LogP contribution in [0.4, 0.5) is 5.69 Å². The molecule has 4 nitrogen and oxygen atoms in total. The number of nitrogens with zero attached hydrogens (tertiary/aromatic N) is 1. The molecule has 2 aromatic rings. The van der Waals surface area contributed by atoms with Crippen LogP contribution in [0, 0.1) is 12.3 Å². The van der Waals surface area contributed by atoms with Gasteiger partial charge in [0, 0.05) is 17.4 Å². The number of aliphatic imine (C=N–C) groups is 1. The quantitative estimate of drug-likeness (QED) is 0.767. The fourth-order valence-corrected chi connectivity index (χ4v) is 3.48. The average molecular weight is 361 g/mol. The monoisotopic (exact) mass is 361 g/mol. The molecule has 0 saturated heterocycles. The third-order valence-corrected chi connectivity index (χ3v) is 4.69. The normalized spacial score (nSPS) is 14.9. The highest BCUT2D eigenvalue weighted by Crippen LogP contribution is 2.42. The van der Waals surface area contributed by atoms with Gasteiger partial charge in [-0.1, -0.05) is 44.0 Å². The minimum absolute atomic E-state index is 0.0598. The Morgan fingerprint density at radius 2 is 2.04 bits per heavy atom. The van der Waals surface area contributed by atoms with Gasteiger partial charge >= 0.3 is 5.97 Å². The molecular weight excluding hydrogens is 338 g/mol. The molecule has 0 unspecified atom stereocenters. The Hall–Kier alpha value is -3.06. The van der Waals surface area contributed by atoms with Gasteiger partial charge in [-0.25, -0.2) is 9.79 Å². The van der Waals surface area contributed by atoms with Crippen molar-refractivity contribution in [2.45, 2.75) is 45.6 Å². The van der Waals surface area contributed by atoms with Crippen LogP contribution in [0.15, 0.2) is 41.4 Å². The van der Waals surface area contributed by atoms with E-state index in [2.05, 4.69) is 19.8 Å². The van der Waals surface area contributed by atoms with Crippen molar-refractivity contribution in [2.24, 2.45) is 4.99 Å². The summed E-state index contributed by atoms with van der Waals surface area (Å²) in [5.41, 5.74) is 3.93. The third kappa shape index (κ3) is 3.59. The molecule has 0 saturated carbocycles. The highest BCUT2D eigenvalue weighted by molar-refractivity contribution is 5.94. The van der Waals surface area contributed by atoms with E-state index in [1.165, 1.54) is 6.07 Å². The van der Waals surface area contributed by atoms with E-state index < -0.39 is 5.97 Å². The summed E-state index contributed by atoms with van der Waals surface area (Å²) in [6.07, 6.45) is 6.42. The van der Waals surface area contributed by atoms with E-state index in [0.717, 1.165) is 29.1 Å². The molecule has 0 radical (unpaired) electrons. The lowest BCUT2D eigenvalue weighted by molar-refractivity contribution is 0.0696. The standard InChI is InChI=1S/C23H23NO3/c1-6-16-17(8-7-9-18(16)22(25)26)15-10-11-19-20(12-15)24-21(27-14(2)3)13-23(19,4)5/h1,7-12,14H,13H2,2-5H3,(H,25,26). The van der Waals surface area contributed by atoms with Crippen molar-refractivity contribution in [2.75, 3.05) is 0 Å². The molecule has 0 amide bonds. The first kappa shape index (κ1) is 18.7. The summed E-state index contributed by atoms with van der Waals surface area (Å²) in [5.74, 6) is 2.22. The second-order valence-corrected chi connectivity index (χ2v) is 7.64. The van der Waals surface area contributed by atoms with Crippen molar-refractivity contribution in [3.8, 4) is 23.5 Å². The van der Waals surface area contributed by atoms with E-state index in [1.54, 1.807) is 6.07 Å². The number of carboxylic acids is 1. The number of rotatable bonds is 3. The van der Waals surface area contributed by atoms with Crippen LogP contribution in [-0.4, -0.2) is 23.1 Å². The number of carboxylic acid groups (broad SMARTS) is 1. The van der Waals surface area contributed by atoms with Gasteiger partial charge in [0.15, 0.2) is 5.90 Å². The van der Waals surface area contributed by atoms with Gasteiger partial charge in [-0.3, -0.25) is 0 Å². The summed E-state index contributed by atoms with van der Waals surface area (Å²) in [7, 11) is 0. The number of terminal acetylenes is 1. The van der Waals surface area contributed by atoms with E-state index in [0.29, 0.717) is 11.1 Å². The summed E-state index contributed by atoms with van der Waals surface area (Å²) in [4.78, 5) is 16.2. The lowest BCUT2D eigenvalue weighted by Gasteiger charge is -2.32. The smallest absolute Gasteiger partial charge is 0.336 e. The summed E-state index contributed by atoms with van der Waals surface area (Å²) in [6, 6.07) is 11.1. The molecule has 0 atom stereocenters. The first-order valence-electron chi connectivity index (χ1n) is 8.95. The van der Waals surface area contributed by atoms with E-state index in [9.17, 15) is 9.90 Å². The van der Waals surface area contributed by atoms with E-state index >= 15 is 0 Å². The Balaban J connectivity index is 2.16. The van der Waals surface area contributed by atoms with Crippen LogP contribution < -0.4 is 0 Å². The largest absolute Gasteiger partial charge is 0.478 e. The zero-order valence-corrected chi connectivity index (χ0v) is 16.0. The van der Waals surface area contributed by atoms with Gasteiger partial charge in [-0.2, -0.15) is 0 Å². The molecule has 0 spiro atoms. The summed E-state index contributed by atoms with van der Waals surface area (Å²) in [5, 5.41) is 9.41. The highest BCUT2D eigenvalue weighted by Gasteiger charge is 2.31. The van der Waals surface area contributed by atoms with Crippen molar-refractivity contribution in [1.29, 1.82) is 0 Å². The minimum atomic E-state index is -1.03. The van der Waals surface area contributed by atoms with E-state index in [-0.39, 0.29) is 17.1 Å². The Morgan fingerprint density at radius 3 is 2.67 bits per heavy atom. The maximum atomic E-state index is 11.5. The molecule has 3 rings (SSSR count). The van der Waals surface area contributed by atoms with Gasteiger partial charge in [-0.15, -0.1) is 6.42 Å². The number of aromatic carboxylic acids is 1. The second-order valence-electron chi connectivity index (χ2n) is 7.64. The van der Waals surface area contributed by atoms with Crippen LogP contribution in [-0.2, 0) is 10.2 Å². The van der Waals surface area contributed by atoms with Gasteiger partial charge in [-0.05, 0) is 42.7 Å². The van der Waals surface area contributed by atoms with Gasteiger partial charge in [0.1, 0.15) is 0 Å². The molecule has 138 valence electrons. The van der Waals surface area contributed by atoms with Crippen LogP contribution in [0.5, 0.6) is 0 Å². The zero-order valence-electron chi connectivity index (χ0n) is 16.0. The molecule has 0 aromatic heterocycles. The van der Waals surface area contributed by atoms with Crippen molar-refractivity contribution in [3.05, 3.63) is 53.1 Å². The molecule has 4 heteroatoms. The molecule has 27 heavy (non-hydrogen) atoms. The lowest BCUT2D eigenvalue weighted by atomic mass is 9.78. The zero-order chi connectivity index (χ0) is 19.8. The molecule has 1 heterocycles. The Labute approximate surface area is 159 Å². The Bertz CT molecular complexity index is 978. The van der Waals surface area contributed by atoms with E-state index in [1.807, 2.05) is 38.1 Å². The Morgan fingerprint density at radius 1 is 1.30 bits per heavy atom. The number of hydrogen-bond acceptors (Lipinski definition) is 3. The predicted octanol–water partition coefficient (Wildman–Crippen LogP) is 5.17. The third-order valence-electron chi connectivity index (χ3n) is 4.69. The van der Waals surface area contributed by atoms with Gasteiger partial charge in [0.25, 0.3) is 0 Å². The topological polar surface area (TPSA) is 58.9 Å². The molecular formula is C23H23NO3. The van der Waals surface area contributed by atoms with Crippen molar-refractivity contribution in [3.63, 3.8) is 0 Å². The average Bonchev–Trinajstić information content (AvgIpc) is 2.59. The Kier molecular flexibility index (Phi) is 4.80. The number of carbonyl (C=O) groups is 1. The lowest BCUT2D eigenvalue weighted by Crippen LogP contribution is -2.28. The SMILES string of the molecule is C#Cc1c(C(=O)O)cccc1-c1ccc2c(c1)N=C(OC(C)C)CC2(C)C. The maximum absolute atomic E-state index is 11.5. The molecule has 0 bridgehead atoms. The number of benzene rings is 2. The van der Waals surface area contributed by atoms with Crippen LogP contribution in [0.1, 0.15) is 55.6 Å². The number of ether oxygens (including phenoxy) is 1. The van der Waals surface area contributed by atoms with Crippen LogP contribution in [0.2, 0.25) is 0 Å². The fourth-order valence-electron chi connectivity index (χ4n) is 3.48. The molecule has 2 aromatic carbocycles. The molecule has 0 fully saturated rings. The summed E-state index contributed by atoms with van der Waals surface area (Å²) < 4.78 is 5.86. The van der Waals surface area contributed by atoms with Crippen LogP contribution in [0.3, 0.4) is 0 Å². The number of fused-ring (bicyclic) bond motifs is 1. The highest BCUT2D eigenvalue weighted by atomic mass is 16.5. The molecule has 1 aliphatic heterocycles. The predicted molar refractivity (Wildman–Crippen MR) is 108 cm³/mol. The molecule has 0 aliphatic carbocycles. The molecule has 1 N–H and O–H groups in total. The molecule has 1 aliphatic rings. The fraction of sp³-hybridized carbons (Fsp3) is 0.304.